The highest BCUT2D eigenvalue weighted by molar-refractivity contribution is 5.36. The van der Waals surface area contributed by atoms with Gasteiger partial charge in [-0.2, -0.15) is 0 Å². The number of fused-ring (bicyclic) bond motifs is 1. The molecular weight excluding hydrogens is 322 g/mol. The highest BCUT2D eigenvalue weighted by atomic mass is 15.2. The van der Waals surface area contributed by atoms with E-state index < -0.39 is 0 Å². The molecule has 1 aromatic carbocycles. The third-order valence-electron chi connectivity index (χ3n) is 5.24. The van der Waals surface area contributed by atoms with Crippen LogP contribution in [0.3, 0.4) is 0 Å². The summed E-state index contributed by atoms with van der Waals surface area (Å²) in [4.78, 5) is 13.8. The molecule has 2 aromatic heterocycles. The largest absolute Gasteiger partial charge is 0.302 e. The van der Waals surface area contributed by atoms with Gasteiger partial charge >= 0.3 is 0 Å². The molecule has 5 heteroatoms. The van der Waals surface area contributed by atoms with E-state index in [0.717, 1.165) is 31.8 Å². The molecule has 0 N–H and O–H groups in total. The van der Waals surface area contributed by atoms with E-state index in [1.165, 1.54) is 43.6 Å². The predicted molar refractivity (Wildman–Crippen MR) is 104 cm³/mol. The van der Waals surface area contributed by atoms with Crippen LogP contribution in [0.1, 0.15) is 24.1 Å². The molecule has 0 amide bonds. The standard InChI is InChI=1S/C21H27N5/c1-2-6-19(7-3-1)8-4-10-24-11-5-12-25(15-14-24)18-20-16-23-21-17-22-9-13-26(20)21/h1-3,6-7,9,13,16-17H,4-5,8,10-12,14-15,18H2. The zero-order chi connectivity index (χ0) is 17.6. The first kappa shape index (κ1) is 17.2. The molecule has 0 radical (unpaired) electrons. The lowest BCUT2D eigenvalue weighted by Crippen LogP contribution is -2.31. The highest BCUT2D eigenvalue weighted by Gasteiger charge is 2.16. The van der Waals surface area contributed by atoms with Crippen molar-refractivity contribution in [1.29, 1.82) is 0 Å². The van der Waals surface area contributed by atoms with Crippen LogP contribution in [0.4, 0.5) is 0 Å². The van der Waals surface area contributed by atoms with Crippen LogP contribution < -0.4 is 0 Å². The number of nitrogens with zero attached hydrogens (tertiary/aromatic N) is 5. The van der Waals surface area contributed by atoms with Crippen LogP contribution >= 0.6 is 0 Å². The van der Waals surface area contributed by atoms with Crippen LogP contribution in [0, 0.1) is 0 Å². The fraction of sp³-hybridized carbons (Fsp3) is 0.429. The Morgan fingerprint density at radius 3 is 2.69 bits per heavy atom. The lowest BCUT2D eigenvalue weighted by molar-refractivity contribution is 0.248. The summed E-state index contributed by atoms with van der Waals surface area (Å²) >= 11 is 0. The van der Waals surface area contributed by atoms with Gasteiger partial charge in [0.05, 0.1) is 18.1 Å². The molecule has 0 saturated carbocycles. The maximum Gasteiger partial charge on any atom is 0.155 e. The van der Waals surface area contributed by atoms with Gasteiger partial charge < -0.3 is 4.90 Å². The van der Waals surface area contributed by atoms with Crippen LogP contribution in [0.2, 0.25) is 0 Å². The second-order valence-electron chi connectivity index (χ2n) is 7.11. The minimum atomic E-state index is 0.930. The SMILES string of the molecule is c1ccc(CCCN2CCCN(Cc3cnc4cnccn34)CC2)cc1. The smallest absolute Gasteiger partial charge is 0.155 e. The Balaban J connectivity index is 1.27. The number of benzene rings is 1. The van der Waals surface area contributed by atoms with Crippen LogP contribution in [-0.4, -0.2) is 56.9 Å². The lowest BCUT2D eigenvalue weighted by atomic mass is 10.1. The summed E-state index contributed by atoms with van der Waals surface area (Å²) in [5.74, 6) is 0. The summed E-state index contributed by atoms with van der Waals surface area (Å²) in [7, 11) is 0. The average molecular weight is 349 g/mol. The third kappa shape index (κ3) is 4.29. The van der Waals surface area contributed by atoms with Crippen molar-refractivity contribution >= 4 is 5.65 Å². The molecule has 4 rings (SSSR count). The first-order valence-electron chi connectivity index (χ1n) is 9.63. The summed E-state index contributed by atoms with van der Waals surface area (Å²) in [6.07, 6.45) is 11.3. The second-order valence-corrected chi connectivity index (χ2v) is 7.11. The van der Waals surface area contributed by atoms with Crippen molar-refractivity contribution in [1.82, 2.24) is 24.2 Å². The van der Waals surface area contributed by atoms with Gasteiger partial charge in [0, 0.05) is 32.0 Å². The topological polar surface area (TPSA) is 36.7 Å². The number of hydrogen-bond donors (Lipinski definition) is 0. The third-order valence-corrected chi connectivity index (χ3v) is 5.24. The quantitative estimate of drug-likeness (QED) is 0.686. The minimum absolute atomic E-state index is 0.930. The molecule has 5 nitrogen and oxygen atoms in total. The molecule has 1 fully saturated rings. The molecule has 0 aliphatic carbocycles. The average Bonchev–Trinajstić information content (AvgIpc) is 2.95. The molecule has 3 aromatic rings. The molecule has 0 spiro atoms. The zero-order valence-corrected chi connectivity index (χ0v) is 15.3. The predicted octanol–water partition coefficient (Wildman–Crippen LogP) is 2.87. The monoisotopic (exact) mass is 349 g/mol. The van der Waals surface area contributed by atoms with Crippen LogP contribution in [-0.2, 0) is 13.0 Å². The molecule has 0 unspecified atom stereocenters. The van der Waals surface area contributed by atoms with Crippen LogP contribution in [0.5, 0.6) is 0 Å². The highest BCUT2D eigenvalue weighted by Crippen LogP contribution is 2.12. The number of aromatic nitrogens is 3. The van der Waals surface area contributed by atoms with E-state index in [1.54, 1.807) is 0 Å². The lowest BCUT2D eigenvalue weighted by Gasteiger charge is -2.21. The van der Waals surface area contributed by atoms with Gasteiger partial charge in [-0.1, -0.05) is 30.3 Å². The molecule has 0 atom stereocenters. The first-order valence-corrected chi connectivity index (χ1v) is 9.63. The van der Waals surface area contributed by atoms with Crippen molar-refractivity contribution in [2.45, 2.75) is 25.8 Å². The van der Waals surface area contributed by atoms with Gasteiger partial charge in [-0.05, 0) is 44.5 Å². The van der Waals surface area contributed by atoms with Gasteiger partial charge in [0.2, 0.25) is 0 Å². The normalized spacial score (nSPS) is 16.8. The van der Waals surface area contributed by atoms with E-state index in [9.17, 15) is 0 Å². The van der Waals surface area contributed by atoms with Gasteiger partial charge in [-0.15, -0.1) is 0 Å². The summed E-state index contributed by atoms with van der Waals surface area (Å²) in [5.41, 5.74) is 3.63. The Labute approximate surface area is 155 Å². The van der Waals surface area contributed by atoms with Gasteiger partial charge in [-0.3, -0.25) is 14.3 Å². The maximum absolute atomic E-state index is 4.46. The van der Waals surface area contributed by atoms with E-state index in [1.807, 2.05) is 24.8 Å². The van der Waals surface area contributed by atoms with Gasteiger partial charge in [-0.25, -0.2) is 4.98 Å². The Morgan fingerprint density at radius 2 is 1.77 bits per heavy atom. The second kappa shape index (κ2) is 8.43. The van der Waals surface area contributed by atoms with E-state index in [4.69, 9.17) is 0 Å². The summed E-state index contributed by atoms with van der Waals surface area (Å²) < 4.78 is 2.15. The molecule has 1 saturated heterocycles. The minimum Gasteiger partial charge on any atom is -0.302 e. The molecule has 136 valence electrons. The Bertz CT molecular complexity index is 813. The zero-order valence-electron chi connectivity index (χ0n) is 15.3. The van der Waals surface area contributed by atoms with Crippen LogP contribution in [0.15, 0.2) is 55.1 Å². The van der Waals surface area contributed by atoms with Crippen molar-refractivity contribution in [2.24, 2.45) is 0 Å². The van der Waals surface area contributed by atoms with Crippen molar-refractivity contribution in [3.63, 3.8) is 0 Å². The summed E-state index contributed by atoms with van der Waals surface area (Å²) in [5, 5.41) is 0. The Morgan fingerprint density at radius 1 is 0.923 bits per heavy atom. The van der Waals surface area contributed by atoms with Gasteiger partial charge in [0.1, 0.15) is 0 Å². The first-order chi connectivity index (χ1) is 12.9. The summed E-state index contributed by atoms with van der Waals surface area (Å²) in [6.45, 7) is 6.82. The molecular formula is C21H27N5. The van der Waals surface area contributed by atoms with Crippen LogP contribution in [0.25, 0.3) is 5.65 Å². The van der Waals surface area contributed by atoms with Gasteiger partial charge in [0.25, 0.3) is 0 Å². The Hall–Kier alpha value is -2.24. The van der Waals surface area contributed by atoms with E-state index in [0.29, 0.717) is 0 Å². The van der Waals surface area contributed by atoms with E-state index >= 15 is 0 Å². The van der Waals surface area contributed by atoms with Crippen molar-refractivity contribution < 1.29 is 0 Å². The maximum atomic E-state index is 4.46. The van der Waals surface area contributed by atoms with Crippen molar-refractivity contribution in [2.75, 3.05) is 32.7 Å². The molecule has 1 aliphatic heterocycles. The fourth-order valence-electron chi connectivity index (χ4n) is 3.80. The van der Waals surface area contributed by atoms with Crippen molar-refractivity contribution in [3.05, 3.63) is 66.4 Å². The number of rotatable bonds is 6. The molecule has 26 heavy (non-hydrogen) atoms. The van der Waals surface area contributed by atoms with E-state index in [2.05, 4.69) is 54.5 Å². The molecule has 0 bridgehead atoms. The molecule has 1 aliphatic rings. The number of aryl methyl sites for hydroxylation is 1. The Kier molecular flexibility index (Phi) is 5.57. The fourth-order valence-corrected chi connectivity index (χ4v) is 3.80. The number of imidazole rings is 1. The van der Waals surface area contributed by atoms with E-state index in [-0.39, 0.29) is 0 Å². The summed E-state index contributed by atoms with van der Waals surface area (Å²) in [6, 6.07) is 10.8. The van der Waals surface area contributed by atoms with Crippen molar-refractivity contribution in [3.8, 4) is 0 Å². The molecule has 3 heterocycles. The van der Waals surface area contributed by atoms with Gasteiger partial charge in [0.15, 0.2) is 5.65 Å². The number of hydrogen-bond acceptors (Lipinski definition) is 4.